The van der Waals surface area contributed by atoms with E-state index in [1.54, 1.807) is 12.4 Å². The third kappa shape index (κ3) is 2.49. The van der Waals surface area contributed by atoms with Crippen LogP contribution in [0.4, 0.5) is 0 Å². The number of ether oxygens (including phenoxy) is 1. The number of rotatable bonds is 3. The second-order valence-electron chi connectivity index (χ2n) is 6.06. The van der Waals surface area contributed by atoms with E-state index in [0.29, 0.717) is 11.1 Å². The lowest BCUT2D eigenvalue weighted by molar-refractivity contribution is 0.0941. The zero-order valence-corrected chi connectivity index (χ0v) is 13.2. The molecule has 1 aliphatic carbocycles. The third-order valence-electron chi connectivity index (χ3n) is 4.74. The van der Waals surface area contributed by atoms with Crippen LogP contribution in [0.15, 0.2) is 42.7 Å². The molecule has 0 unspecified atom stereocenters. The van der Waals surface area contributed by atoms with E-state index in [2.05, 4.69) is 34.1 Å². The molecule has 2 aromatic rings. The summed E-state index contributed by atoms with van der Waals surface area (Å²) in [7, 11) is 0. The van der Waals surface area contributed by atoms with Gasteiger partial charge in [0.25, 0.3) is 0 Å². The molecule has 0 N–H and O–H groups in total. The van der Waals surface area contributed by atoms with Crippen LogP contribution in [-0.4, -0.2) is 29.0 Å². The van der Waals surface area contributed by atoms with Crippen LogP contribution in [0.5, 0.6) is 5.75 Å². The van der Waals surface area contributed by atoms with Crippen molar-refractivity contribution in [3.8, 4) is 5.75 Å². The van der Waals surface area contributed by atoms with Crippen molar-refractivity contribution in [2.24, 2.45) is 0 Å². The van der Waals surface area contributed by atoms with Crippen molar-refractivity contribution in [3.05, 3.63) is 58.9 Å². The van der Waals surface area contributed by atoms with Gasteiger partial charge >= 0.3 is 0 Å². The van der Waals surface area contributed by atoms with Gasteiger partial charge in [-0.2, -0.15) is 0 Å². The highest BCUT2D eigenvalue weighted by atomic mass is 35.5. The second kappa shape index (κ2) is 5.90. The monoisotopic (exact) mass is 314 g/mol. The van der Waals surface area contributed by atoms with Crippen molar-refractivity contribution in [1.82, 2.24) is 9.88 Å². The lowest BCUT2D eigenvalue weighted by Gasteiger charge is -2.30. The summed E-state index contributed by atoms with van der Waals surface area (Å²) in [5.74, 6) is 0.725. The highest BCUT2D eigenvalue weighted by molar-refractivity contribution is 6.31. The van der Waals surface area contributed by atoms with Crippen LogP contribution >= 0.6 is 11.6 Å². The summed E-state index contributed by atoms with van der Waals surface area (Å²) in [4.78, 5) is 6.61. The molecule has 4 rings (SSSR count). The maximum atomic E-state index is 6.34. The molecule has 114 valence electrons. The van der Waals surface area contributed by atoms with Gasteiger partial charge in [0.15, 0.2) is 0 Å². The summed E-state index contributed by atoms with van der Waals surface area (Å²) in [5, 5.41) is 0.576. The van der Waals surface area contributed by atoms with E-state index in [1.165, 1.54) is 37.1 Å². The maximum Gasteiger partial charge on any atom is 0.142 e. The van der Waals surface area contributed by atoms with Crippen LogP contribution in [0.3, 0.4) is 0 Å². The van der Waals surface area contributed by atoms with Gasteiger partial charge in [0.2, 0.25) is 0 Å². The molecule has 3 nitrogen and oxygen atoms in total. The van der Waals surface area contributed by atoms with Crippen LogP contribution < -0.4 is 4.74 Å². The van der Waals surface area contributed by atoms with Crippen LogP contribution in [0.25, 0.3) is 0 Å². The molecule has 0 saturated carbocycles. The van der Waals surface area contributed by atoms with E-state index in [4.69, 9.17) is 16.3 Å². The first-order chi connectivity index (χ1) is 10.8. The number of hydrogen-bond acceptors (Lipinski definition) is 3. The van der Waals surface area contributed by atoms with Crippen molar-refractivity contribution < 1.29 is 4.74 Å². The number of hydrogen-bond donors (Lipinski definition) is 0. The first-order valence-corrected chi connectivity index (χ1v) is 8.29. The van der Waals surface area contributed by atoms with Gasteiger partial charge in [0.05, 0.1) is 6.04 Å². The normalized spacial score (nSPS) is 24.4. The first-order valence-electron chi connectivity index (χ1n) is 7.91. The van der Waals surface area contributed by atoms with Gasteiger partial charge in [-0.3, -0.25) is 9.88 Å². The number of pyridine rings is 1. The maximum absolute atomic E-state index is 6.34. The molecule has 1 aliphatic heterocycles. The van der Waals surface area contributed by atoms with E-state index in [-0.39, 0.29) is 6.10 Å². The highest BCUT2D eigenvalue weighted by Gasteiger charge is 2.38. The van der Waals surface area contributed by atoms with Crippen molar-refractivity contribution in [2.45, 2.75) is 31.4 Å². The predicted octanol–water partition coefficient (Wildman–Crippen LogP) is 3.88. The van der Waals surface area contributed by atoms with Crippen molar-refractivity contribution in [2.75, 3.05) is 13.1 Å². The molecular weight excluding hydrogens is 296 g/mol. The predicted molar refractivity (Wildman–Crippen MR) is 87.4 cm³/mol. The Morgan fingerprint density at radius 1 is 1.14 bits per heavy atom. The Morgan fingerprint density at radius 2 is 1.95 bits per heavy atom. The van der Waals surface area contributed by atoms with Gasteiger partial charge in [-0.1, -0.05) is 35.9 Å². The number of nitrogens with zero attached hydrogens (tertiary/aromatic N) is 2. The Balaban J connectivity index is 1.67. The van der Waals surface area contributed by atoms with Crippen LogP contribution in [-0.2, 0) is 6.42 Å². The van der Waals surface area contributed by atoms with Crippen molar-refractivity contribution >= 4 is 11.6 Å². The molecule has 1 fully saturated rings. The van der Waals surface area contributed by atoms with Crippen LogP contribution in [0, 0.1) is 0 Å². The summed E-state index contributed by atoms with van der Waals surface area (Å²) in [6, 6.07) is 10.9. The first kappa shape index (κ1) is 14.0. The molecule has 0 radical (unpaired) electrons. The second-order valence-corrected chi connectivity index (χ2v) is 6.47. The molecule has 1 aromatic carbocycles. The summed E-state index contributed by atoms with van der Waals surface area (Å²) < 4.78 is 6.34. The molecule has 0 spiro atoms. The van der Waals surface area contributed by atoms with Gasteiger partial charge < -0.3 is 4.74 Å². The fourth-order valence-corrected chi connectivity index (χ4v) is 3.83. The minimum Gasteiger partial charge on any atom is -0.482 e. The minimum absolute atomic E-state index is 0.0502. The Hall–Kier alpha value is -1.58. The summed E-state index contributed by atoms with van der Waals surface area (Å²) in [6.45, 7) is 2.34. The topological polar surface area (TPSA) is 25.4 Å². The van der Waals surface area contributed by atoms with Gasteiger partial charge in [0, 0.05) is 18.5 Å². The fraction of sp³-hybridized carbons (Fsp3) is 0.389. The molecule has 1 saturated heterocycles. The standard InChI is InChI=1S/C18H19ClN2O/c19-15-12-20-8-7-17(15)22-18-14-6-2-1-5-13(14)11-16(18)21-9-3-4-10-21/h1-2,5-8,12,16,18H,3-4,9-11H2/t16-,18-/m0/s1. The smallest absolute Gasteiger partial charge is 0.142 e. The number of aromatic nitrogens is 1. The van der Waals surface area contributed by atoms with Crippen molar-refractivity contribution in [1.29, 1.82) is 0 Å². The molecular formula is C18H19ClN2O. The van der Waals surface area contributed by atoms with Gasteiger partial charge in [-0.15, -0.1) is 0 Å². The fourth-order valence-electron chi connectivity index (χ4n) is 3.67. The molecule has 2 heterocycles. The van der Waals surface area contributed by atoms with Crippen molar-refractivity contribution in [3.63, 3.8) is 0 Å². The molecule has 2 atom stereocenters. The van der Waals surface area contributed by atoms with Crippen LogP contribution in [0.1, 0.15) is 30.1 Å². The SMILES string of the molecule is Clc1cnccc1O[C@H]1c2ccccc2C[C@@H]1N1CCCC1. The Labute approximate surface area is 135 Å². The summed E-state index contributed by atoms with van der Waals surface area (Å²) in [5.41, 5.74) is 2.70. The van der Waals surface area contributed by atoms with E-state index in [1.807, 2.05) is 6.07 Å². The quantitative estimate of drug-likeness (QED) is 0.860. The average molecular weight is 315 g/mol. The van der Waals surface area contributed by atoms with E-state index >= 15 is 0 Å². The largest absolute Gasteiger partial charge is 0.482 e. The lowest BCUT2D eigenvalue weighted by atomic mass is 10.1. The molecule has 0 amide bonds. The number of fused-ring (bicyclic) bond motifs is 1. The average Bonchev–Trinajstić information content (AvgIpc) is 3.17. The van der Waals surface area contributed by atoms with Gasteiger partial charge in [-0.25, -0.2) is 0 Å². The minimum atomic E-state index is 0.0502. The highest BCUT2D eigenvalue weighted by Crippen LogP contribution is 2.40. The number of halogens is 1. The molecule has 2 aliphatic rings. The molecule has 1 aromatic heterocycles. The van der Waals surface area contributed by atoms with Gasteiger partial charge in [0.1, 0.15) is 16.9 Å². The van der Waals surface area contributed by atoms with Crippen LogP contribution in [0.2, 0.25) is 5.02 Å². The Kier molecular flexibility index (Phi) is 3.77. The number of likely N-dealkylation sites (tertiary alicyclic amines) is 1. The molecule has 22 heavy (non-hydrogen) atoms. The Morgan fingerprint density at radius 3 is 2.77 bits per heavy atom. The Bertz CT molecular complexity index is 670. The summed E-state index contributed by atoms with van der Waals surface area (Å²) >= 11 is 6.24. The van der Waals surface area contributed by atoms with E-state index < -0.39 is 0 Å². The van der Waals surface area contributed by atoms with E-state index in [0.717, 1.165) is 12.2 Å². The molecule has 4 heteroatoms. The summed E-state index contributed by atoms with van der Waals surface area (Å²) in [6.07, 6.45) is 7.05. The third-order valence-corrected chi connectivity index (χ3v) is 5.02. The number of benzene rings is 1. The molecule has 0 bridgehead atoms. The lowest BCUT2D eigenvalue weighted by Crippen LogP contribution is -2.38. The zero-order chi connectivity index (χ0) is 14.9. The van der Waals surface area contributed by atoms with E-state index in [9.17, 15) is 0 Å². The zero-order valence-electron chi connectivity index (χ0n) is 12.4. The van der Waals surface area contributed by atoms with Gasteiger partial charge in [-0.05, 0) is 43.5 Å².